The van der Waals surface area contributed by atoms with Gasteiger partial charge in [-0.15, -0.1) is 0 Å². The van der Waals surface area contributed by atoms with Crippen molar-refractivity contribution >= 4 is 16.0 Å². The van der Waals surface area contributed by atoms with Gasteiger partial charge in [-0.3, -0.25) is 0 Å². The van der Waals surface area contributed by atoms with E-state index in [1.54, 1.807) is 12.1 Å². The predicted molar refractivity (Wildman–Crippen MR) is 67.1 cm³/mol. The summed E-state index contributed by atoms with van der Waals surface area (Å²) in [6, 6.07) is 6.07. The van der Waals surface area contributed by atoms with Crippen molar-refractivity contribution in [2.24, 2.45) is 5.14 Å². The predicted octanol–water partition coefficient (Wildman–Crippen LogP) is 0.875. The van der Waals surface area contributed by atoms with Crippen molar-refractivity contribution in [1.29, 1.82) is 0 Å². The summed E-state index contributed by atoms with van der Waals surface area (Å²) >= 11 is 0. The summed E-state index contributed by atoms with van der Waals surface area (Å²) in [5.41, 5.74) is 0.820. The molecular formula is C11H11FN4O2S. The Kier molecular flexibility index (Phi) is 3.72. The highest BCUT2D eigenvalue weighted by molar-refractivity contribution is 7.89. The molecule has 0 saturated carbocycles. The van der Waals surface area contributed by atoms with Crippen LogP contribution in [0, 0.1) is 5.82 Å². The van der Waals surface area contributed by atoms with Crippen LogP contribution in [0.15, 0.2) is 41.6 Å². The molecule has 1 heterocycles. The lowest BCUT2D eigenvalue weighted by atomic mass is 10.2. The van der Waals surface area contributed by atoms with Gasteiger partial charge in [-0.2, -0.15) is 0 Å². The summed E-state index contributed by atoms with van der Waals surface area (Å²) in [4.78, 5) is 7.52. The van der Waals surface area contributed by atoms with Gasteiger partial charge in [0.1, 0.15) is 0 Å². The van der Waals surface area contributed by atoms with E-state index in [2.05, 4.69) is 15.3 Å². The summed E-state index contributed by atoms with van der Waals surface area (Å²) in [7, 11) is -3.68. The molecule has 2 rings (SSSR count). The van der Waals surface area contributed by atoms with E-state index in [0.717, 1.165) is 18.0 Å². The number of sulfonamides is 1. The molecule has 0 bridgehead atoms. The third kappa shape index (κ3) is 3.70. The van der Waals surface area contributed by atoms with Gasteiger partial charge in [-0.1, -0.05) is 12.1 Å². The molecule has 0 saturated heterocycles. The average Bonchev–Trinajstić information content (AvgIpc) is 2.37. The fraction of sp³-hybridized carbons (Fsp3) is 0.0909. The summed E-state index contributed by atoms with van der Waals surface area (Å²) in [5, 5.41) is 7.86. The lowest BCUT2D eigenvalue weighted by Crippen LogP contribution is -2.12. The van der Waals surface area contributed by atoms with Crippen molar-refractivity contribution in [1.82, 2.24) is 9.97 Å². The number of hydrogen-bond donors (Lipinski definition) is 2. The second kappa shape index (κ2) is 5.29. The number of nitrogens with two attached hydrogens (primary N) is 1. The standard InChI is InChI=1S/C11H11FN4O2S/c12-9-6-15-11(16-7-9)14-5-8-1-3-10(4-2-8)19(13,17)18/h1-4,6-7H,5H2,(H2,13,17,18)(H,14,15,16). The largest absolute Gasteiger partial charge is 0.350 e. The van der Waals surface area contributed by atoms with Gasteiger partial charge in [0.05, 0.1) is 17.3 Å². The number of benzene rings is 1. The van der Waals surface area contributed by atoms with E-state index >= 15 is 0 Å². The molecule has 2 aromatic rings. The van der Waals surface area contributed by atoms with Gasteiger partial charge in [0.25, 0.3) is 0 Å². The van der Waals surface area contributed by atoms with E-state index in [4.69, 9.17) is 5.14 Å². The molecule has 1 aromatic carbocycles. The molecule has 3 N–H and O–H groups in total. The van der Waals surface area contributed by atoms with Gasteiger partial charge in [-0.25, -0.2) is 27.9 Å². The topological polar surface area (TPSA) is 98.0 Å². The Hall–Kier alpha value is -2.06. The van der Waals surface area contributed by atoms with E-state index < -0.39 is 15.8 Å². The minimum absolute atomic E-state index is 0.0503. The summed E-state index contributed by atoms with van der Waals surface area (Å²) in [6.07, 6.45) is 2.11. The Morgan fingerprint density at radius 2 is 1.74 bits per heavy atom. The van der Waals surface area contributed by atoms with Crippen LogP contribution >= 0.6 is 0 Å². The third-order valence-electron chi connectivity index (χ3n) is 2.32. The van der Waals surface area contributed by atoms with Gasteiger partial charge in [0, 0.05) is 6.54 Å². The minimum Gasteiger partial charge on any atom is -0.350 e. The molecular weight excluding hydrogens is 271 g/mol. The van der Waals surface area contributed by atoms with Crippen LogP contribution in [0.1, 0.15) is 5.56 Å². The molecule has 0 aliphatic carbocycles. The van der Waals surface area contributed by atoms with Gasteiger partial charge in [-0.05, 0) is 17.7 Å². The number of anilines is 1. The SMILES string of the molecule is NS(=O)(=O)c1ccc(CNc2ncc(F)cn2)cc1. The molecule has 0 fully saturated rings. The van der Waals surface area contributed by atoms with Crippen molar-refractivity contribution in [3.05, 3.63) is 48.0 Å². The molecule has 1 aromatic heterocycles. The summed E-state index contributed by atoms with van der Waals surface area (Å²) < 4.78 is 34.7. The van der Waals surface area contributed by atoms with Crippen molar-refractivity contribution < 1.29 is 12.8 Å². The van der Waals surface area contributed by atoms with Gasteiger partial charge in [0.2, 0.25) is 16.0 Å². The Labute approximate surface area is 109 Å². The number of aromatic nitrogens is 2. The first-order chi connectivity index (χ1) is 8.95. The number of hydrogen-bond acceptors (Lipinski definition) is 5. The van der Waals surface area contributed by atoms with Crippen LogP contribution in [0.3, 0.4) is 0 Å². The number of halogens is 1. The first-order valence-electron chi connectivity index (χ1n) is 5.28. The minimum atomic E-state index is -3.68. The molecule has 0 radical (unpaired) electrons. The zero-order valence-corrected chi connectivity index (χ0v) is 10.6. The number of nitrogens with one attached hydrogen (secondary N) is 1. The van der Waals surface area contributed by atoms with Crippen LogP contribution in [0.2, 0.25) is 0 Å². The van der Waals surface area contributed by atoms with E-state index in [1.807, 2.05) is 0 Å². The van der Waals surface area contributed by atoms with Crippen LogP contribution in [0.5, 0.6) is 0 Å². The molecule has 0 spiro atoms. The van der Waals surface area contributed by atoms with Gasteiger partial charge < -0.3 is 5.32 Å². The van der Waals surface area contributed by atoms with Crippen molar-refractivity contribution in [3.8, 4) is 0 Å². The van der Waals surface area contributed by atoms with Crippen LogP contribution in [0.25, 0.3) is 0 Å². The van der Waals surface area contributed by atoms with Crippen molar-refractivity contribution in [2.75, 3.05) is 5.32 Å². The molecule has 0 amide bonds. The normalized spacial score (nSPS) is 11.3. The highest BCUT2D eigenvalue weighted by atomic mass is 32.2. The summed E-state index contributed by atoms with van der Waals surface area (Å²) in [6.45, 7) is 0.385. The Bertz CT molecular complexity index is 656. The zero-order chi connectivity index (χ0) is 13.9. The van der Waals surface area contributed by atoms with Gasteiger partial charge in [0.15, 0.2) is 5.82 Å². The van der Waals surface area contributed by atoms with Crippen molar-refractivity contribution in [2.45, 2.75) is 11.4 Å². The fourth-order valence-corrected chi connectivity index (χ4v) is 1.90. The highest BCUT2D eigenvalue weighted by Crippen LogP contribution is 2.10. The lowest BCUT2D eigenvalue weighted by molar-refractivity contribution is 0.598. The first-order valence-corrected chi connectivity index (χ1v) is 6.83. The molecule has 0 atom stereocenters. The van der Waals surface area contributed by atoms with Crippen LogP contribution in [-0.4, -0.2) is 18.4 Å². The van der Waals surface area contributed by atoms with E-state index in [9.17, 15) is 12.8 Å². The number of nitrogens with zero attached hydrogens (tertiary/aromatic N) is 2. The van der Waals surface area contributed by atoms with E-state index in [-0.39, 0.29) is 10.8 Å². The quantitative estimate of drug-likeness (QED) is 0.867. The second-order valence-electron chi connectivity index (χ2n) is 3.77. The fourth-order valence-electron chi connectivity index (χ4n) is 1.38. The van der Waals surface area contributed by atoms with Gasteiger partial charge >= 0.3 is 0 Å². The van der Waals surface area contributed by atoms with Crippen molar-refractivity contribution in [3.63, 3.8) is 0 Å². The Morgan fingerprint density at radius 1 is 1.16 bits per heavy atom. The number of rotatable bonds is 4. The molecule has 19 heavy (non-hydrogen) atoms. The number of primary sulfonamides is 1. The first kappa shape index (κ1) is 13.4. The van der Waals surface area contributed by atoms with Crippen LogP contribution in [-0.2, 0) is 16.6 Å². The zero-order valence-electron chi connectivity index (χ0n) is 9.75. The van der Waals surface area contributed by atoms with Crippen LogP contribution in [0.4, 0.5) is 10.3 Å². The maximum atomic E-state index is 12.6. The molecule has 6 nitrogen and oxygen atoms in total. The second-order valence-corrected chi connectivity index (χ2v) is 5.33. The highest BCUT2D eigenvalue weighted by Gasteiger charge is 2.06. The third-order valence-corrected chi connectivity index (χ3v) is 3.25. The Morgan fingerprint density at radius 3 is 2.26 bits per heavy atom. The maximum Gasteiger partial charge on any atom is 0.238 e. The molecule has 0 aliphatic rings. The van der Waals surface area contributed by atoms with Crippen LogP contribution < -0.4 is 10.5 Å². The molecule has 0 aliphatic heterocycles. The molecule has 100 valence electrons. The Balaban J connectivity index is 2.02. The molecule has 8 heteroatoms. The van der Waals surface area contributed by atoms with E-state index in [1.165, 1.54) is 12.1 Å². The summed E-state index contributed by atoms with van der Waals surface area (Å²) in [5.74, 6) is -0.222. The maximum absolute atomic E-state index is 12.6. The monoisotopic (exact) mass is 282 g/mol. The average molecular weight is 282 g/mol. The lowest BCUT2D eigenvalue weighted by Gasteiger charge is -2.05. The van der Waals surface area contributed by atoms with E-state index in [0.29, 0.717) is 6.54 Å². The molecule has 0 unspecified atom stereocenters. The smallest absolute Gasteiger partial charge is 0.238 e.